The first-order chi connectivity index (χ1) is 17.1. The van der Waals surface area contributed by atoms with Crippen molar-refractivity contribution in [2.75, 3.05) is 31.3 Å². The Kier molecular flexibility index (Phi) is 10.2. The summed E-state index contributed by atoms with van der Waals surface area (Å²) in [6.07, 6.45) is 2.93. The maximum atomic E-state index is 12.4. The van der Waals surface area contributed by atoms with Crippen LogP contribution in [0.5, 0.6) is 5.75 Å². The Morgan fingerprint density at radius 3 is 2.50 bits per heavy atom. The second-order valence-electron chi connectivity index (χ2n) is 9.09. The molecule has 1 aromatic heterocycles. The van der Waals surface area contributed by atoms with E-state index in [0.717, 1.165) is 35.6 Å². The van der Waals surface area contributed by atoms with Crippen molar-refractivity contribution >= 4 is 38.6 Å². The number of rotatable bonds is 7. The number of hydrogen-bond donors (Lipinski definition) is 2. The predicted octanol–water partition coefficient (Wildman–Crippen LogP) is 6.69. The van der Waals surface area contributed by atoms with Crippen LogP contribution in [0.1, 0.15) is 44.1 Å². The summed E-state index contributed by atoms with van der Waals surface area (Å²) in [6.45, 7) is 1.21. The minimum Gasteiger partial charge on any atom is -0.405 e. The fourth-order valence-corrected chi connectivity index (χ4v) is 4.66. The van der Waals surface area contributed by atoms with Gasteiger partial charge in [-0.1, -0.05) is 66.2 Å². The van der Waals surface area contributed by atoms with Gasteiger partial charge in [-0.15, -0.1) is 13.2 Å². The Morgan fingerprint density at radius 1 is 1.08 bits per heavy atom. The molecule has 1 saturated carbocycles. The summed E-state index contributed by atoms with van der Waals surface area (Å²) >= 11 is 3.17. The number of ether oxygens (including phenoxy) is 1. The SMILES string of the molecule is CN(C)c1nc(N)nc2ccccc12.FC(F)(F)Oc1cc(Br)ccc1CNCCC1CCCCC1. The number of nitrogens with one attached hydrogen (secondary N) is 1. The summed E-state index contributed by atoms with van der Waals surface area (Å²) in [7, 11) is 3.88. The Bertz CT molecular complexity index is 1120. The van der Waals surface area contributed by atoms with Crippen LogP contribution in [0.15, 0.2) is 46.9 Å². The van der Waals surface area contributed by atoms with E-state index in [2.05, 4.69) is 36.0 Å². The van der Waals surface area contributed by atoms with Gasteiger partial charge < -0.3 is 20.7 Å². The van der Waals surface area contributed by atoms with Crippen molar-refractivity contribution in [1.82, 2.24) is 15.3 Å². The molecule has 36 heavy (non-hydrogen) atoms. The molecular formula is C26H33BrF3N5O. The fraction of sp³-hybridized carbons (Fsp3) is 0.462. The van der Waals surface area contributed by atoms with E-state index in [1.807, 2.05) is 43.3 Å². The van der Waals surface area contributed by atoms with E-state index < -0.39 is 6.36 Å². The van der Waals surface area contributed by atoms with Crippen LogP contribution in [0.4, 0.5) is 24.9 Å². The molecule has 1 heterocycles. The Hall–Kier alpha value is -2.59. The average Bonchev–Trinajstić information content (AvgIpc) is 2.82. The van der Waals surface area contributed by atoms with Gasteiger partial charge in [0.25, 0.3) is 0 Å². The van der Waals surface area contributed by atoms with Crippen LogP contribution in [0.25, 0.3) is 10.9 Å². The van der Waals surface area contributed by atoms with Crippen LogP contribution in [-0.2, 0) is 6.54 Å². The van der Waals surface area contributed by atoms with Gasteiger partial charge in [0, 0.05) is 36.1 Å². The number of nitrogen functional groups attached to an aromatic ring is 1. The number of nitrogens with two attached hydrogens (primary N) is 1. The highest BCUT2D eigenvalue weighted by Gasteiger charge is 2.32. The maximum Gasteiger partial charge on any atom is 0.573 e. The van der Waals surface area contributed by atoms with Gasteiger partial charge in [-0.2, -0.15) is 4.98 Å². The molecule has 1 aliphatic carbocycles. The van der Waals surface area contributed by atoms with Gasteiger partial charge in [0.2, 0.25) is 5.95 Å². The Morgan fingerprint density at radius 2 is 1.81 bits per heavy atom. The van der Waals surface area contributed by atoms with E-state index in [4.69, 9.17) is 5.73 Å². The number of halogens is 4. The second-order valence-corrected chi connectivity index (χ2v) is 10.0. The van der Waals surface area contributed by atoms with Crippen LogP contribution in [0.2, 0.25) is 0 Å². The van der Waals surface area contributed by atoms with Gasteiger partial charge in [0.05, 0.1) is 5.52 Å². The van der Waals surface area contributed by atoms with Crippen molar-refractivity contribution in [3.8, 4) is 5.75 Å². The molecule has 3 aromatic rings. The molecule has 1 aliphatic rings. The number of alkyl halides is 3. The van der Waals surface area contributed by atoms with Crippen LogP contribution in [0.3, 0.4) is 0 Å². The molecule has 0 amide bonds. The van der Waals surface area contributed by atoms with E-state index in [0.29, 0.717) is 22.5 Å². The van der Waals surface area contributed by atoms with Crippen molar-refractivity contribution in [2.45, 2.75) is 51.4 Å². The van der Waals surface area contributed by atoms with Gasteiger partial charge in [-0.3, -0.25) is 0 Å². The minimum atomic E-state index is -4.67. The second kappa shape index (κ2) is 13.1. The molecule has 0 unspecified atom stereocenters. The normalized spacial score (nSPS) is 14.3. The van der Waals surface area contributed by atoms with E-state index in [9.17, 15) is 13.2 Å². The number of para-hydroxylation sites is 1. The Labute approximate surface area is 218 Å². The average molecular weight is 568 g/mol. The lowest BCUT2D eigenvalue weighted by atomic mass is 9.87. The maximum absolute atomic E-state index is 12.4. The van der Waals surface area contributed by atoms with Crippen LogP contribution < -0.4 is 20.7 Å². The molecule has 1 fully saturated rings. The molecule has 0 aliphatic heterocycles. The third kappa shape index (κ3) is 8.81. The van der Waals surface area contributed by atoms with Crippen LogP contribution >= 0.6 is 15.9 Å². The molecule has 10 heteroatoms. The molecule has 2 aromatic carbocycles. The lowest BCUT2D eigenvalue weighted by Gasteiger charge is -2.21. The molecule has 4 rings (SSSR count). The summed E-state index contributed by atoms with van der Waals surface area (Å²) in [5.74, 6) is 1.78. The van der Waals surface area contributed by atoms with E-state index in [-0.39, 0.29) is 5.75 Å². The molecule has 196 valence electrons. The first kappa shape index (κ1) is 28.0. The van der Waals surface area contributed by atoms with Crippen molar-refractivity contribution in [3.63, 3.8) is 0 Å². The zero-order valence-electron chi connectivity index (χ0n) is 20.6. The summed E-state index contributed by atoms with van der Waals surface area (Å²) in [4.78, 5) is 10.3. The summed E-state index contributed by atoms with van der Waals surface area (Å²) in [6, 6.07) is 12.6. The Balaban J connectivity index is 0.000000221. The summed E-state index contributed by atoms with van der Waals surface area (Å²) in [5, 5.41) is 4.25. The summed E-state index contributed by atoms with van der Waals surface area (Å²) in [5.41, 5.74) is 7.01. The zero-order valence-corrected chi connectivity index (χ0v) is 22.2. The zero-order chi connectivity index (χ0) is 26.1. The highest BCUT2D eigenvalue weighted by molar-refractivity contribution is 9.10. The number of aromatic nitrogens is 2. The van der Waals surface area contributed by atoms with Gasteiger partial charge in [0.15, 0.2) is 0 Å². The standard InChI is InChI=1S/C16H21BrF3NO.C10H12N4/c17-14-7-6-13(15(10-14)22-16(18,19)20)11-21-9-8-12-4-2-1-3-5-12;1-14(2)9-7-5-3-4-6-8(7)12-10(11)13-9/h6-7,10,12,21H,1-5,8-9,11H2;3-6H,1-2H3,(H2,11,12,13). The lowest BCUT2D eigenvalue weighted by Crippen LogP contribution is -2.22. The monoisotopic (exact) mass is 567 g/mol. The molecule has 0 saturated heterocycles. The minimum absolute atomic E-state index is 0.146. The third-order valence-corrected chi connectivity index (χ3v) is 6.54. The lowest BCUT2D eigenvalue weighted by molar-refractivity contribution is -0.274. The smallest absolute Gasteiger partial charge is 0.405 e. The number of benzene rings is 2. The van der Waals surface area contributed by atoms with E-state index in [1.54, 1.807) is 12.1 Å². The highest BCUT2D eigenvalue weighted by atomic mass is 79.9. The molecule has 0 radical (unpaired) electrons. The summed E-state index contributed by atoms with van der Waals surface area (Å²) < 4.78 is 41.9. The predicted molar refractivity (Wildman–Crippen MR) is 142 cm³/mol. The number of anilines is 2. The van der Waals surface area contributed by atoms with Gasteiger partial charge in [-0.25, -0.2) is 4.98 Å². The van der Waals surface area contributed by atoms with E-state index in [1.165, 1.54) is 38.2 Å². The molecule has 0 bridgehead atoms. The quantitative estimate of drug-likeness (QED) is 0.310. The molecule has 0 atom stereocenters. The third-order valence-electron chi connectivity index (χ3n) is 6.05. The number of hydrogen-bond acceptors (Lipinski definition) is 6. The van der Waals surface area contributed by atoms with Crippen LogP contribution in [0, 0.1) is 5.92 Å². The van der Waals surface area contributed by atoms with Crippen molar-refractivity contribution < 1.29 is 17.9 Å². The van der Waals surface area contributed by atoms with Gasteiger partial charge in [-0.05, 0) is 43.1 Å². The first-order valence-electron chi connectivity index (χ1n) is 12.1. The molecular weight excluding hydrogens is 535 g/mol. The largest absolute Gasteiger partial charge is 0.573 e. The highest BCUT2D eigenvalue weighted by Crippen LogP contribution is 2.30. The molecule has 6 nitrogen and oxygen atoms in total. The van der Waals surface area contributed by atoms with Crippen molar-refractivity contribution in [1.29, 1.82) is 0 Å². The topological polar surface area (TPSA) is 76.3 Å². The molecule has 0 spiro atoms. The number of fused-ring (bicyclic) bond motifs is 1. The van der Waals surface area contributed by atoms with Crippen LogP contribution in [-0.4, -0.2) is 37.0 Å². The molecule has 3 N–H and O–H groups in total. The van der Waals surface area contributed by atoms with Gasteiger partial charge >= 0.3 is 6.36 Å². The first-order valence-corrected chi connectivity index (χ1v) is 12.9. The van der Waals surface area contributed by atoms with E-state index >= 15 is 0 Å². The fourth-order valence-electron chi connectivity index (χ4n) is 4.32. The van der Waals surface area contributed by atoms with Crippen molar-refractivity contribution in [3.05, 3.63) is 52.5 Å². The number of nitrogens with zero attached hydrogens (tertiary/aromatic N) is 3. The van der Waals surface area contributed by atoms with Crippen molar-refractivity contribution in [2.24, 2.45) is 5.92 Å². The van der Waals surface area contributed by atoms with Gasteiger partial charge in [0.1, 0.15) is 11.6 Å².